The zero-order valence-corrected chi connectivity index (χ0v) is 15.3. The molecule has 1 aliphatic heterocycles. The standard InChI is InChI=1S/C20H27N3O2/c1-15-11-16(2)23(21-15)14-20(24)22-10-9-19(25-3)18(13-22)12-17-7-5-4-6-8-17/h4-8,11,18-19H,9-10,12-14H2,1-3H3/t18-,19+/m1/s1. The molecule has 0 spiro atoms. The number of benzene rings is 1. The van der Waals surface area contributed by atoms with Gasteiger partial charge in [-0.15, -0.1) is 0 Å². The van der Waals surface area contributed by atoms with Crippen LogP contribution in [0.15, 0.2) is 36.4 Å². The van der Waals surface area contributed by atoms with Crippen molar-refractivity contribution in [3.05, 3.63) is 53.3 Å². The van der Waals surface area contributed by atoms with E-state index in [0.717, 1.165) is 37.3 Å². The van der Waals surface area contributed by atoms with Crippen molar-refractivity contribution >= 4 is 5.91 Å². The zero-order chi connectivity index (χ0) is 17.8. The maximum absolute atomic E-state index is 12.7. The minimum atomic E-state index is 0.138. The van der Waals surface area contributed by atoms with E-state index in [-0.39, 0.29) is 12.0 Å². The minimum Gasteiger partial charge on any atom is -0.381 e. The van der Waals surface area contributed by atoms with Crippen molar-refractivity contribution in [2.45, 2.75) is 39.3 Å². The number of carbonyl (C=O) groups excluding carboxylic acids is 1. The van der Waals surface area contributed by atoms with E-state index in [2.05, 4.69) is 29.4 Å². The van der Waals surface area contributed by atoms with Gasteiger partial charge in [-0.2, -0.15) is 5.10 Å². The van der Waals surface area contributed by atoms with E-state index >= 15 is 0 Å². The highest BCUT2D eigenvalue weighted by Gasteiger charge is 2.31. The fourth-order valence-electron chi connectivity index (χ4n) is 3.72. The molecule has 134 valence electrons. The second kappa shape index (κ2) is 7.83. The minimum absolute atomic E-state index is 0.138. The summed E-state index contributed by atoms with van der Waals surface area (Å²) < 4.78 is 7.49. The Morgan fingerprint density at radius 2 is 2.04 bits per heavy atom. The van der Waals surface area contributed by atoms with E-state index in [1.54, 1.807) is 11.8 Å². The molecule has 1 aromatic carbocycles. The Bertz CT molecular complexity index is 711. The summed E-state index contributed by atoms with van der Waals surface area (Å²) in [7, 11) is 1.77. The highest BCUT2D eigenvalue weighted by Crippen LogP contribution is 2.24. The lowest BCUT2D eigenvalue weighted by Crippen LogP contribution is -2.48. The fraction of sp³-hybridized carbons (Fsp3) is 0.500. The van der Waals surface area contributed by atoms with Gasteiger partial charge in [-0.3, -0.25) is 9.48 Å². The molecule has 1 saturated heterocycles. The predicted molar refractivity (Wildman–Crippen MR) is 97.3 cm³/mol. The Morgan fingerprint density at radius 1 is 1.28 bits per heavy atom. The van der Waals surface area contributed by atoms with Crippen molar-refractivity contribution in [1.29, 1.82) is 0 Å². The third-order valence-electron chi connectivity index (χ3n) is 5.05. The van der Waals surface area contributed by atoms with Gasteiger partial charge in [0.25, 0.3) is 0 Å². The molecule has 1 aliphatic rings. The number of aryl methyl sites for hydroxylation is 2. The summed E-state index contributed by atoms with van der Waals surface area (Å²) in [5.74, 6) is 0.462. The average molecular weight is 341 g/mol. The van der Waals surface area contributed by atoms with E-state index in [1.807, 2.05) is 30.9 Å². The molecule has 0 saturated carbocycles. The number of nitrogens with zero attached hydrogens (tertiary/aromatic N) is 3. The predicted octanol–water partition coefficient (Wildman–Crippen LogP) is 2.61. The van der Waals surface area contributed by atoms with Crippen molar-refractivity contribution < 1.29 is 9.53 Å². The highest BCUT2D eigenvalue weighted by molar-refractivity contribution is 5.76. The molecule has 0 N–H and O–H groups in total. The second-order valence-electron chi connectivity index (χ2n) is 6.94. The van der Waals surface area contributed by atoms with Gasteiger partial charge in [-0.05, 0) is 38.3 Å². The lowest BCUT2D eigenvalue weighted by molar-refractivity contribution is -0.136. The number of methoxy groups -OCH3 is 1. The summed E-state index contributed by atoms with van der Waals surface area (Å²) in [5, 5.41) is 4.41. The molecule has 25 heavy (non-hydrogen) atoms. The van der Waals surface area contributed by atoms with Crippen molar-refractivity contribution in [3.8, 4) is 0 Å². The Balaban J connectivity index is 1.66. The molecule has 1 amide bonds. The molecule has 2 atom stereocenters. The molecule has 5 nitrogen and oxygen atoms in total. The molecule has 0 radical (unpaired) electrons. The van der Waals surface area contributed by atoms with Gasteiger partial charge in [0.1, 0.15) is 6.54 Å². The fourth-order valence-corrected chi connectivity index (χ4v) is 3.72. The largest absolute Gasteiger partial charge is 0.381 e. The van der Waals surface area contributed by atoms with Gasteiger partial charge >= 0.3 is 0 Å². The van der Waals surface area contributed by atoms with Crippen LogP contribution >= 0.6 is 0 Å². The topological polar surface area (TPSA) is 47.4 Å². The van der Waals surface area contributed by atoms with Crippen LogP contribution in [0.1, 0.15) is 23.4 Å². The van der Waals surface area contributed by atoms with Crippen LogP contribution in [0.25, 0.3) is 0 Å². The zero-order valence-electron chi connectivity index (χ0n) is 15.3. The van der Waals surface area contributed by atoms with Gasteiger partial charge < -0.3 is 9.64 Å². The summed E-state index contributed by atoms with van der Waals surface area (Å²) in [5.41, 5.74) is 3.27. The van der Waals surface area contributed by atoms with Crippen LogP contribution in [-0.2, 0) is 22.5 Å². The number of hydrogen-bond donors (Lipinski definition) is 0. The molecular weight excluding hydrogens is 314 g/mol. The Hall–Kier alpha value is -2.14. The Labute approximate surface area is 149 Å². The normalized spacial score (nSPS) is 20.7. The van der Waals surface area contributed by atoms with Crippen LogP contribution in [0, 0.1) is 19.8 Å². The van der Waals surface area contributed by atoms with Crippen molar-refractivity contribution in [1.82, 2.24) is 14.7 Å². The van der Waals surface area contributed by atoms with Crippen LogP contribution in [0.3, 0.4) is 0 Å². The molecular formula is C20H27N3O2. The Morgan fingerprint density at radius 3 is 2.68 bits per heavy atom. The maximum atomic E-state index is 12.7. The van der Waals surface area contributed by atoms with E-state index < -0.39 is 0 Å². The smallest absolute Gasteiger partial charge is 0.244 e. The summed E-state index contributed by atoms with van der Waals surface area (Å²) in [4.78, 5) is 14.7. The summed E-state index contributed by atoms with van der Waals surface area (Å²) in [6.45, 7) is 5.75. The number of hydrogen-bond acceptors (Lipinski definition) is 3. The third kappa shape index (κ3) is 4.28. The molecule has 0 bridgehead atoms. The van der Waals surface area contributed by atoms with Gasteiger partial charge in [-0.25, -0.2) is 0 Å². The molecule has 3 rings (SSSR count). The Kier molecular flexibility index (Phi) is 5.53. The quantitative estimate of drug-likeness (QED) is 0.840. The van der Waals surface area contributed by atoms with Crippen molar-refractivity contribution in [3.63, 3.8) is 0 Å². The van der Waals surface area contributed by atoms with Gasteiger partial charge in [0.2, 0.25) is 5.91 Å². The van der Waals surface area contributed by atoms with E-state index in [9.17, 15) is 4.79 Å². The second-order valence-corrected chi connectivity index (χ2v) is 6.94. The van der Waals surface area contributed by atoms with Crippen LogP contribution in [0.5, 0.6) is 0 Å². The molecule has 2 aromatic rings. The number of piperidine rings is 1. The number of likely N-dealkylation sites (tertiary alicyclic amines) is 1. The summed E-state index contributed by atoms with van der Waals surface area (Å²) in [6, 6.07) is 12.4. The van der Waals surface area contributed by atoms with Crippen molar-refractivity contribution in [2.75, 3.05) is 20.2 Å². The van der Waals surface area contributed by atoms with E-state index in [1.165, 1.54) is 5.56 Å². The van der Waals surface area contributed by atoms with Gasteiger partial charge in [0, 0.05) is 31.8 Å². The lowest BCUT2D eigenvalue weighted by atomic mass is 9.88. The van der Waals surface area contributed by atoms with E-state index in [0.29, 0.717) is 12.5 Å². The molecule has 1 fully saturated rings. The van der Waals surface area contributed by atoms with Gasteiger partial charge in [-0.1, -0.05) is 30.3 Å². The highest BCUT2D eigenvalue weighted by atomic mass is 16.5. The molecule has 1 aromatic heterocycles. The number of rotatable bonds is 5. The number of aromatic nitrogens is 2. The molecule has 5 heteroatoms. The van der Waals surface area contributed by atoms with Crippen LogP contribution in [0.2, 0.25) is 0 Å². The monoisotopic (exact) mass is 341 g/mol. The number of carbonyl (C=O) groups is 1. The first kappa shape index (κ1) is 17.7. The maximum Gasteiger partial charge on any atom is 0.244 e. The SMILES string of the molecule is CO[C@H]1CCN(C(=O)Cn2nc(C)cc2C)C[C@H]1Cc1ccccc1. The van der Waals surface area contributed by atoms with E-state index in [4.69, 9.17) is 4.74 Å². The summed E-state index contributed by atoms with van der Waals surface area (Å²) in [6.07, 6.45) is 2.03. The molecule has 0 unspecified atom stereocenters. The first-order valence-corrected chi connectivity index (χ1v) is 8.92. The van der Waals surface area contributed by atoms with Crippen LogP contribution < -0.4 is 0 Å². The molecule has 2 heterocycles. The molecule has 0 aliphatic carbocycles. The van der Waals surface area contributed by atoms with Crippen LogP contribution in [-0.4, -0.2) is 46.9 Å². The first-order chi connectivity index (χ1) is 12.1. The number of amides is 1. The van der Waals surface area contributed by atoms with Crippen molar-refractivity contribution in [2.24, 2.45) is 5.92 Å². The average Bonchev–Trinajstić information content (AvgIpc) is 2.93. The lowest BCUT2D eigenvalue weighted by Gasteiger charge is -2.38. The third-order valence-corrected chi connectivity index (χ3v) is 5.05. The van der Waals surface area contributed by atoms with Gasteiger partial charge in [0.15, 0.2) is 0 Å². The first-order valence-electron chi connectivity index (χ1n) is 8.92. The van der Waals surface area contributed by atoms with Gasteiger partial charge in [0.05, 0.1) is 11.8 Å². The summed E-state index contributed by atoms with van der Waals surface area (Å²) >= 11 is 0. The number of ether oxygens (including phenoxy) is 1. The van der Waals surface area contributed by atoms with Crippen LogP contribution in [0.4, 0.5) is 0 Å².